The molecule has 0 spiro atoms. The van der Waals surface area contributed by atoms with Gasteiger partial charge in [0.25, 0.3) is 5.91 Å². The van der Waals surface area contributed by atoms with Gasteiger partial charge in [0.2, 0.25) is 0 Å². The van der Waals surface area contributed by atoms with Gasteiger partial charge in [-0.05, 0) is 24.3 Å². The number of hydrogen-bond acceptors (Lipinski definition) is 7. The summed E-state index contributed by atoms with van der Waals surface area (Å²) >= 11 is 7.69. The number of para-hydroxylation sites is 1. The van der Waals surface area contributed by atoms with Gasteiger partial charge in [-0.2, -0.15) is 0 Å². The number of carbonyl (C=O) groups excluding carboxylic acids is 1. The average molecular weight is 459 g/mol. The summed E-state index contributed by atoms with van der Waals surface area (Å²) in [6, 6.07) is 13.3. The van der Waals surface area contributed by atoms with Gasteiger partial charge in [-0.1, -0.05) is 23.7 Å². The predicted molar refractivity (Wildman–Crippen MR) is 125 cm³/mol. The van der Waals surface area contributed by atoms with Gasteiger partial charge in [0.05, 0.1) is 24.9 Å². The molecule has 1 aliphatic heterocycles. The van der Waals surface area contributed by atoms with Crippen molar-refractivity contribution in [1.82, 2.24) is 9.88 Å². The summed E-state index contributed by atoms with van der Waals surface area (Å²) in [5, 5.41) is 6.38. The van der Waals surface area contributed by atoms with E-state index in [0.29, 0.717) is 35.4 Å². The lowest BCUT2D eigenvalue weighted by Gasteiger charge is -2.36. The molecule has 2 aromatic carbocycles. The number of nitrogens with one attached hydrogen (secondary N) is 1. The van der Waals surface area contributed by atoms with Crippen LogP contribution in [0.25, 0.3) is 0 Å². The van der Waals surface area contributed by atoms with E-state index < -0.39 is 0 Å². The molecular weight excluding hydrogens is 436 g/mol. The number of ether oxygens (including phenoxy) is 2. The molecule has 0 aliphatic carbocycles. The van der Waals surface area contributed by atoms with Crippen LogP contribution < -0.4 is 19.7 Å². The standard InChI is InChI=1S/C22H23ClN4O3S/c1-29-19-8-7-15(13-20(19)30-2)24-22-25-17(14-31-22)21(28)27-11-9-26(10-12-27)18-6-4-3-5-16(18)23/h3-8,13-14H,9-12H2,1-2H3,(H,24,25). The number of rotatable bonds is 6. The smallest absolute Gasteiger partial charge is 0.273 e. The number of nitrogens with zero attached hydrogens (tertiary/aromatic N) is 3. The largest absolute Gasteiger partial charge is 0.493 e. The quantitative estimate of drug-likeness (QED) is 0.585. The van der Waals surface area contributed by atoms with Crippen molar-refractivity contribution in [2.75, 3.05) is 50.6 Å². The molecule has 0 unspecified atom stereocenters. The Hall–Kier alpha value is -2.97. The summed E-state index contributed by atoms with van der Waals surface area (Å²) in [4.78, 5) is 21.4. The van der Waals surface area contributed by atoms with E-state index in [4.69, 9.17) is 21.1 Å². The maximum atomic E-state index is 12.9. The molecule has 1 amide bonds. The van der Waals surface area contributed by atoms with E-state index in [1.807, 2.05) is 47.4 Å². The van der Waals surface area contributed by atoms with Crippen LogP contribution in [0, 0.1) is 0 Å². The van der Waals surface area contributed by atoms with Gasteiger partial charge in [0.15, 0.2) is 16.6 Å². The third kappa shape index (κ3) is 4.70. The van der Waals surface area contributed by atoms with Crippen molar-refractivity contribution in [2.45, 2.75) is 0 Å². The zero-order chi connectivity index (χ0) is 21.8. The molecule has 0 bridgehead atoms. The van der Waals surface area contributed by atoms with Gasteiger partial charge in [-0.3, -0.25) is 4.79 Å². The molecule has 162 valence electrons. The van der Waals surface area contributed by atoms with Crippen LogP contribution >= 0.6 is 22.9 Å². The lowest BCUT2D eigenvalue weighted by molar-refractivity contribution is 0.0742. The molecule has 1 fully saturated rings. The van der Waals surface area contributed by atoms with Crippen LogP contribution in [0.1, 0.15) is 10.5 Å². The molecule has 0 atom stereocenters. The van der Waals surface area contributed by atoms with E-state index in [1.54, 1.807) is 19.6 Å². The Morgan fingerprint density at radius 1 is 1.06 bits per heavy atom. The van der Waals surface area contributed by atoms with Gasteiger partial charge in [0.1, 0.15) is 5.69 Å². The Labute approximate surface area is 190 Å². The highest BCUT2D eigenvalue weighted by Crippen LogP contribution is 2.32. The molecule has 31 heavy (non-hydrogen) atoms. The first-order valence-corrected chi connectivity index (χ1v) is 11.1. The number of thiazole rings is 1. The summed E-state index contributed by atoms with van der Waals surface area (Å²) < 4.78 is 10.6. The summed E-state index contributed by atoms with van der Waals surface area (Å²) in [6.07, 6.45) is 0. The molecule has 1 saturated heterocycles. The summed E-state index contributed by atoms with van der Waals surface area (Å²) in [5.41, 5.74) is 2.25. The molecule has 7 nitrogen and oxygen atoms in total. The van der Waals surface area contributed by atoms with Crippen LogP contribution in [0.2, 0.25) is 5.02 Å². The van der Waals surface area contributed by atoms with Gasteiger partial charge in [-0.15, -0.1) is 11.3 Å². The first-order valence-electron chi connectivity index (χ1n) is 9.82. The van der Waals surface area contributed by atoms with Crippen molar-refractivity contribution in [3.05, 3.63) is 58.6 Å². The predicted octanol–water partition coefficient (Wildman–Crippen LogP) is 4.52. The van der Waals surface area contributed by atoms with Crippen molar-refractivity contribution in [3.8, 4) is 11.5 Å². The van der Waals surface area contributed by atoms with Crippen molar-refractivity contribution in [2.24, 2.45) is 0 Å². The number of benzene rings is 2. The SMILES string of the molecule is COc1ccc(Nc2nc(C(=O)N3CCN(c4ccccc4Cl)CC3)cs2)cc1OC. The van der Waals surface area contributed by atoms with Crippen LogP contribution in [-0.2, 0) is 0 Å². The Morgan fingerprint density at radius 2 is 1.81 bits per heavy atom. The molecule has 1 N–H and O–H groups in total. The van der Waals surface area contributed by atoms with Crippen LogP contribution in [-0.4, -0.2) is 56.2 Å². The number of halogens is 1. The van der Waals surface area contributed by atoms with E-state index in [9.17, 15) is 4.79 Å². The molecule has 3 aromatic rings. The minimum Gasteiger partial charge on any atom is -0.493 e. The van der Waals surface area contributed by atoms with Gasteiger partial charge in [0, 0.05) is 43.3 Å². The highest BCUT2D eigenvalue weighted by atomic mass is 35.5. The Bertz CT molecular complexity index is 1070. The van der Waals surface area contributed by atoms with Crippen molar-refractivity contribution in [3.63, 3.8) is 0 Å². The molecule has 2 heterocycles. The van der Waals surface area contributed by atoms with E-state index in [0.717, 1.165) is 29.5 Å². The van der Waals surface area contributed by atoms with E-state index in [2.05, 4.69) is 15.2 Å². The zero-order valence-electron chi connectivity index (χ0n) is 17.3. The second-order valence-electron chi connectivity index (χ2n) is 6.96. The second kappa shape index (κ2) is 9.45. The van der Waals surface area contributed by atoms with Crippen molar-refractivity contribution in [1.29, 1.82) is 0 Å². The number of carbonyl (C=O) groups is 1. The van der Waals surface area contributed by atoms with Crippen LogP contribution in [0.5, 0.6) is 11.5 Å². The fourth-order valence-corrected chi connectivity index (χ4v) is 4.45. The molecule has 0 saturated carbocycles. The lowest BCUT2D eigenvalue weighted by atomic mass is 10.2. The number of aromatic nitrogens is 1. The third-order valence-corrected chi connectivity index (χ3v) is 6.20. The first kappa shape index (κ1) is 21.3. The number of amides is 1. The number of hydrogen-bond donors (Lipinski definition) is 1. The van der Waals surface area contributed by atoms with Crippen LogP contribution in [0.3, 0.4) is 0 Å². The highest BCUT2D eigenvalue weighted by Gasteiger charge is 2.24. The highest BCUT2D eigenvalue weighted by molar-refractivity contribution is 7.14. The van der Waals surface area contributed by atoms with E-state index in [-0.39, 0.29) is 5.91 Å². The van der Waals surface area contributed by atoms with Crippen molar-refractivity contribution >= 4 is 45.4 Å². The van der Waals surface area contributed by atoms with E-state index >= 15 is 0 Å². The first-order chi connectivity index (χ1) is 15.1. The summed E-state index contributed by atoms with van der Waals surface area (Å²) in [5.74, 6) is 1.21. The molecule has 0 radical (unpaired) electrons. The minimum atomic E-state index is -0.0598. The number of anilines is 3. The minimum absolute atomic E-state index is 0.0598. The second-order valence-corrected chi connectivity index (χ2v) is 8.23. The van der Waals surface area contributed by atoms with Crippen LogP contribution in [0.4, 0.5) is 16.5 Å². The fourth-order valence-electron chi connectivity index (χ4n) is 3.49. The van der Waals surface area contributed by atoms with Gasteiger partial charge < -0.3 is 24.6 Å². The Balaban J connectivity index is 1.38. The summed E-state index contributed by atoms with van der Waals surface area (Å²) in [7, 11) is 3.19. The average Bonchev–Trinajstić information content (AvgIpc) is 3.27. The molecule has 4 rings (SSSR count). The molecular formula is C22H23ClN4O3S. The Kier molecular flexibility index (Phi) is 6.48. The monoisotopic (exact) mass is 458 g/mol. The van der Waals surface area contributed by atoms with Crippen LogP contribution in [0.15, 0.2) is 47.8 Å². The Morgan fingerprint density at radius 3 is 2.52 bits per heavy atom. The third-order valence-electron chi connectivity index (χ3n) is 5.12. The normalized spacial score (nSPS) is 13.8. The van der Waals surface area contributed by atoms with Gasteiger partial charge >= 0.3 is 0 Å². The zero-order valence-corrected chi connectivity index (χ0v) is 18.9. The number of piperazine rings is 1. The van der Waals surface area contributed by atoms with Crippen molar-refractivity contribution < 1.29 is 14.3 Å². The summed E-state index contributed by atoms with van der Waals surface area (Å²) in [6.45, 7) is 2.72. The topological polar surface area (TPSA) is 66.9 Å². The lowest BCUT2D eigenvalue weighted by Crippen LogP contribution is -2.49. The number of methoxy groups -OCH3 is 2. The maximum Gasteiger partial charge on any atom is 0.273 e. The molecule has 1 aliphatic rings. The molecule has 9 heteroatoms. The fraction of sp³-hybridized carbons (Fsp3) is 0.273. The molecule has 1 aromatic heterocycles. The van der Waals surface area contributed by atoms with Gasteiger partial charge in [-0.25, -0.2) is 4.98 Å². The maximum absolute atomic E-state index is 12.9. The van der Waals surface area contributed by atoms with E-state index in [1.165, 1.54) is 11.3 Å².